The summed E-state index contributed by atoms with van der Waals surface area (Å²) < 4.78 is 0.681. The van der Waals surface area contributed by atoms with Gasteiger partial charge in [-0.25, -0.2) is 4.98 Å². The van der Waals surface area contributed by atoms with Gasteiger partial charge in [0.2, 0.25) is 0 Å². The van der Waals surface area contributed by atoms with Crippen LogP contribution in [0.5, 0.6) is 0 Å². The summed E-state index contributed by atoms with van der Waals surface area (Å²) >= 11 is 4.75. The van der Waals surface area contributed by atoms with Crippen molar-refractivity contribution in [3.63, 3.8) is 0 Å². The van der Waals surface area contributed by atoms with E-state index in [1.807, 2.05) is 0 Å². The third-order valence-electron chi connectivity index (χ3n) is 1.59. The number of carboxylic acid groups (broad SMARTS) is 1. The zero-order valence-electron chi connectivity index (χ0n) is 8.08. The molecule has 0 aromatic carbocycles. The molecule has 0 atom stereocenters. The number of aliphatic carboxylic acids is 1. The first kappa shape index (κ1) is 11.7. The topological polar surface area (TPSA) is 50.2 Å². The molecule has 0 amide bonds. The van der Waals surface area contributed by atoms with Crippen LogP contribution in [0.2, 0.25) is 0 Å². The molecule has 0 aliphatic carbocycles. The van der Waals surface area contributed by atoms with Crippen molar-refractivity contribution in [1.29, 1.82) is 0 Å². The SMILES string of the molecule is CC(C)Cc1nc(Br)c(CC(=O)O)s1. The fourth-order valence-electron chi connectivity index (χ4n) is 1.06. The Balaban J connectivity index is 2.76. The van der Waals surface area contributed by atoms with Crippen molar-refractivity contribution in [2.75, 3.05) is 0 Å². The number of nitrogens with zero attached hydrogens (tertiary/aromatic N) is 1. The number of halogens is 1. The van der Waals surface area contributed by atoms with Crippen LogP contribution in [0.3, 0.4) is 0 Å². The van der Waals surface area contributed by atoms with Crippen LogP contribution in [-0.2, 0) is 17.6 Å². The Hall–Kier alpha value is -0.420. The molecule has 1 aromatic heterocycles. The molecule has 3 nitrogen and oxygen atoms in total. The van der Waals surface area contributed by atoms with Crippen LogP contribution in [0.25, 0.3) is 0 Å². The van der Waals surface area contributed by atoms with Crippen molar-refractivity contribution in [1.82, 2.24) is 4.98 Å². The third-order valence-corrected chi connectivity index (χ3v) is 3.58. The van der Waals surface area contributed by atoms with E-state index in [1.165, 1.54) is 11.3 Å². The number of hydrogen-bond donors (Lipinski definition) is 1. The van der Waals surface area contributed by atoms with Crippen LogP contribution in [0, 0.1) is 5.92 Å². The van der Waals surface area contributed by atoms with Crippen molar-refractivity contribution >= 4 is 33.2 Å². The number of carbonyl (C=O) groups is 1. The first-order valence-corrected chi connectivity index (χ1v) is 5.96. The molecular weight excluding hydrogens is 266 g/mol. The Morgan fingerprint density at radius 3 is 2.79 bits per heavy atom. The molecular formula is C9H12BrNO2S. The summed E-state index contributed by atoms with van der Waals surface area (Å²) in [6, 6.07) is 0. The van der Waals surface area contributed by atoms with Gasteiger partial charge in [-0.2, -0.15) is 0 Å². The van der Waals surface area contributed by atoms with E-state index in [2.05, 4.69) is 34.8 Å². The van der Waals surface area contributed by atoms with E-state index >= 15 is 0 Å². The quantitative estimate of drug-likeness (QED) is 0.921. The first-order chi connectivity index (χ1) is 6.49. The van der Waals surface area contributed by atoms with Gasteiger partial charge < -0.3 is 5.11 Å². The third kappa shape index (κ3) is 3.38. The minimum atomic E-state index is -0.814. The predicted octanol–water partition coefficient (Wildman–Crippen LogP) is 2.73. The maximum atomic E-state index is 10.5. The number of carboxylic acids is 1. The fraction of sp³-hybridized carbons (Fsp3) is 0.556. The molecule has 0 unspecified atom stereocenters. The summed E-state index contributed by atoms with van der Waals surface area (Å²) in [5, 5.41) is 9.64. The van der Waals surface area contributed by atoms with E-state index in [9.17, 15) is 4.79 Å². The van der Waals surface area contributed by atoms with E-state index < -0.39 is 5.97 Å². The standard InChI is InChI=1S/C9H12BrNO2S/c1-5(2)3-7-11-9(10)6(14-7)4-8(12)13/h5H,3-4H2,1-2H3,(H,12,13). The highest BCUT2D eigenvalue weighted by molar-refractivity contribution is 9.10. The van der Waals surface area contributed by atoms with Gasteiger partial charge in [0.05, 0.1) is 16.3 Å². The smallest absolute Gasteiger partial charge is 0.308 e. The molecule has 0 radical (unpaired) electrons. The van der Waals surface area contributed by atoms with Crippen LogP contribution in [0.15, 0.2) is 4.60 Å². The predicted molar refractivity (Wildman–Crippen MR) is 59.7 cm³/mol. The Morgan fingerprint density at radius 1 is 1.64 bits per heavy atom. The largest absolute Gasteiger partial charge is 0.481 e. The van der Waals surface area contributed by atoms with Gasteiger partial charge in [-0.15, -0.1) is 11.3 Å². The molecule has 0 aliphatic rings. The molecule has 1 aromatic rings. The van der Waals surface area contributed by atoms with Crippen LogP contribution in [-0.4, -0.2) is 16.1 Å². The number of rotatable bonds is 4. The Morgan fingerprint density at radius 2 is 2.29 bits per heavy atom. The van der Waals surface area contributed by atoms with Gasteiger partial charge in [0, 0.05) is 6.42 Å². The molecule has 14 heavy (non-hydrogen) atoms. The van der Waals surface area contributed by atoms with E-state index in [1.54, 1.807) is 0 Å². The fourth-order valence-corrected chi connectivity index (χ4v) is 2.94. The maximum Gasteiger partial charge on any atom is 0.308 e. The molecule has 0 saturated carbocycles. The molecule has 1 rings (SSSR count). The van der Waals surface area contributed by atoms with Gasteiger partial charge >= 0.3 is 5.97 Å². The average Bonchev–Trinajstić information content (AvgIpc) is 2.28. The minimum Gasteiger partial charge on any atom is -0.481 e. The molecule has 1 N–H and O–H groups in total. The average molecular weight is 278 g/mol. The van der Waals surface area contributed by atoms with E-state index in [-0.39, 0.29) is 6.42 Å². The number of hydrogen-bond acceptors (Lipinski definition) is 3. The summed E-state index contributed by atoms with van der Waals surface area (Å²) in [6.45, 7) is 4.23. The Kier molecular flexibility index (Phi) is 4.07. The van der Waals surface area contributed by atoms with Crippen LogP contribution < -0.4 is 0 Å². The highest BCUT2D eigenvalue weighted by atomic mass is 79.9. The summed E-state index contributed by atoms with van der Waals surface area (Å²) in [5.41, 5.74) is 0. The summed E-state index contributed by atoms with van der Waals surface area (Å²) in [7, 11) is 0. The Bertz CT molecular complexity index is 336. The van der Waals surface area contributed by atoms with E-state index in [0.29, 0.717) is 10.5 Å². The molecule has 78 valence electrons. The summed E-state index contributed by atoms with van der Waals surface area (Å²) in [4.78, 5) is 15.6. The van der Waals surface area contributed by atoms with E-state index in [0.717, 1.165) is 16.3 Å². The highest BCUT2D eigenvalue weighted by Gasteiger charge is 2.12. The summed E-state index contributed by atoms with van der Waals surface area (Å²) in [5.74, 6) is -0.267. The minimum absolute atomic E-state index is 0.0519. The molecule has 0 aliphatic heterocycles. The van der Waals surface area contributed by atoms with Crippen molar-refractivity contribution in [2.24, 2.45) is 5.92 Å². The molecule has 5 heteroatoms. The van der Waals surface area contributed by atoms with Gasteiger partial charge in [0.25, 0.3) is 0 Å². The lowest BCUT2D eigenvalue weighted by atomic mass is 10.1. The second-order valence-corrected chi connectivity index (χ2v) is 5.41. The molecule has 0 fully saturated rings. The number of thiazole rings is 1. The summed E-state index contributed by atoms with van der Waals surface area (Å²) in [6.07, 6.45) is 0.958. The Labute approximate surface area is 95.3 Å². The highest BCUT2D eigenvalue weighted by Crippen LogP contribution is 2.25. The van der Waals surface area contributed by atoms with Gasteiger partial charge in [-0.3, -0.25) is 4.79 Å². The second kappa shape index (κ2) is 4.89. The van der Waals surface area contributed by atoms with Crippen molar-refractivity contribution in [3.8, 4) is 0 Å². The van der Waals surface area contributed by atoms with Crippen molar-refractivity contribution in [2.45, 2.75) is 26.7 Å². The lowest BCUT2D eigenvalue weighted by Gasteiger charge is -1.97. The zero-order chi connectivity index (χ0) is 10.7. The van der Waals surface area contributed by atoms with Gasteiger partial charge in [-0.05, 0) is 21.8 Å². The van der Waals surface area contributed by atoms with Gasteiger partial charge in [0.15, 0.2) is 0 Å². The normalized spacial score (nSPS) is 10.9. The molecule has 0 bridgehead atoms. The molecule has 0 saturated heterocycles. The lowest BCUT2D eigenvalue weighted by Crippen LogP contribution is -1.98. The van der Waals surface area contributed by atoms with E-state index in [4.69, 9.17) is 5.11 Å². The lowest BCUT2D eigenvalue weighted by molar-refractivity contribution is -0.136. The van der Waals surface area contributed by atoms with Gasteiger partial charge in [0.1, 0.15) is 4.60 Å². The van der Waals surface area contributed by atoms with Crippen LogP contribution in [0.1, 0.15) is 23.7 Å². The van der Waals surface area contributed by atoms with Crippen molar-refractivity contribution < 1.29 is 9.90 Å². The first-order valence-electron chi connectivity index (χ1n) is 4.35. The molecule has 1 heterocycles. The van der Waals surface area contributed by atoms with Crippen molar-refractivity contribution in [3.05, 3.63) is 14.5 Å². The maximum absolute atomic E-state index is 10.5. The van der Waals surface area contributed by atoms with Gasteiger partial charge in [-0.1, -0.05) is 13.8 Å². The monoisotopic (exact) mass is 277 g/mol. The van der Waals surface area contributed by atoms with Crippen LogP contribution >= 0.6 is 27.3 Å². The second-order valence-electron chi connectivity index (χ2n) is 3.49. The van der Waals surface area contributed by atoms with Crippen LogP contribution in [0.4, 0.5) is 0 Å². The number of aromatic nitrogens is 1. The molecule has 0 spiro atoms. The zero-order valence-corrected chi connectivity index (χ0v) is 10.5.